The monoisotopic (exact) mass is 427 g/mol. The molecule has 0 bridgehead atoms. The van der Waals surface area contributed by atoms with Gasteiger partial charge in [0, 0.05) is 26.9 Å². The third-order valence-electron chi connectivity index (χ3n) is 4.46. The van der Waals surface area contributed by atoms with Crippen LogP contribution in [0, 0.1) is 12.7 Å². The Labute approximate surface area is 177 Å². The Morgan fingerprint density at radius 3 is 2.45 bits per heavy atom. The van der Waals surface area contributed by atoms with Crippen LogP contribution in [0.3, 0.4) is 0 Å². The fraction of sp³-hybridized carbons (Fsp3) is 0.0909. The molecule has 1 aromatic heterocycles. The summed E-state index contributed by atoms with van der Waals surface area (Å²) in [4.78, 5) is 0. The lowest BCUT2D eigenvalue weighted by Gasteiger charge is -2.19. The summed E-state index contributed by atoms with van der Waals surface area (Å²) in [6.45, 7) is 1.92. The van der Waals surface area contributed by atoms with E-state index in [9.17, 15) is 4.39 Å². The topological polar surface area (TPSA) is 51.0 Å². The molecule has 4 rings (SSSR count). The maximum absolute atomic E-state index is 13.6. The van der Waals surface area contributed by atoms with Crippen LogP contribution in [-0.4, -0.2) is 10.2 Å². The van der Waals surface area contributed by atoms with E-state index in [1.807, 2.05) is 49.4 Å². The van der Waals surface area contributed by atoms with E-state index in [1.54, 1.807) is 12.1 Å². The maximum Gasteiger partial charge on any atom is 0.247 e. The van der Waals surface area contributed by atoms with Gasteiger partial charge in [-0.1, -0.05) is 53.5 Å². The van der Waals surface area contributed by atoms with E-state index in [4.69, 9.17) is 27.6 Å². The molecule has 1 heterocycles. The Morgan fingerprint density at radius 2 is 1.72 bits per heavy atom. The highest BCUT2D eigenvalue weighted by Gasteiger charge is 2.24. The molecule has 0 aliphatic rings. The molecule has 3 aromatic carbocycles. The van der Waals surface area contributed by atoms with Crippen molar-refractivity contribution in [3.05, 3.63) is 99.6 Å². The van der Waals surface area contributed by atoms with Crippen LogP contribution in [0.5, 0.6) is 0 Å². The average molecular weight is 428 g/mol. The van der Waals surface area contributed by atoms with Gasteiger partial charge in [-0.25, -0.2) is 4.39 Å². The molecular weight excluding hydrogens is 412 g/mol. The Kier molecular flexibility index (Phi) is 5.51. The smallest absolute Gasteiger partial charge is 0.247 e. The van der Waals surface area contributed by atoms with E-state index < -0.39 is 11.9 Å². The lowest BCUT2D eigenvalue weighted by atomic mass is 10.1. The van der Waals surface area contributed by atoms with E-state index in [2.05, 4.69) is 15.5 Å². The summed E-state index contributed by atoms with van der Waals surface area (Å²) in [5.41, 5.74) is 3.10. The first-order valence-corrected chi connectivity index (χ1v) is 9.63. The predicted octanol–water partition coefficient (Wildman–Crippen LogP) is 6.69. The van der Waals surface area contributed by atoms with E-state index in [1.165, 1.54) is 12.1 Å². The second-order valence-electron chi connectivity index (χ2n) is 6.52. The van der Waals surface area contributed by atoms with E-state index >= 15 is 0 Å². The lowest BCUT2D eigenvalue weighted by Crippen LogP contribution is -2.13. The molecule has 0 saturated carbocycles. The van der Waals surface area contributed by atoms with Gasteiger partial charge < -0.3 is 9.73 Å². The average Bonchev–Trinajstić information content (AvgIpc) is 3.20. The summed E-state index contributed by atoms with van der Waals surface area (Å²) in [6, 6.07) is 18.6. The molecule has 4 aromatic rings. The molecule has 7 heteroatoms. The van der Waals surface area contributed by atoms with Crippen molar-refractivity contribution >= 4 is 28.9 Å². The fourth-order valence-electron chi connectivity index (χ4n) is 2.91. The summed E-state index contributed by atoms with van der Waals surface area (Å²) < 4.78 is 19.5. The van der Waals surface area contributed by atoms with Crippen molar-refractivity contribution < 1.29 is 8.81 Å². The molecule has 1 unspecified atom stereocenters. The summed E-state index contributed by atoms with van der Waals surface area (Å²) in [6.07, 6.45) is 0. The molecule has 0 saturated heterocycles. The van der Waals surface area contributed by atoms with E-state index in [0.29, 0.717) is 22.4 Å². The van der Waals surface area contributed by atoms with Crippen LogP contribution in [0.15, 0.2) is 71.1 Å². The highest BCUT2D eigenvalue weighted by Crippen LogP contribution is 2.33. The number of aromatic nitrogens is 2. The SMILES string of the molecule is Cc1ccc(NC(c2nnc(-c3ccccc3)o2)c2ccc(F)cc2Cl)cc1Cl. The van der Waals surface area contributed by atoms with Gasteiger partial charge in [-0.15, -0.1) is 10.2 Å². The molecule has 0 fully saturated rings. The molecule has 0 spiro atoms. The second-order valence-corrected chi connectivity index (χ2v) is 7.33. The van der Waals surface area contributed by atoms with Gasteiger partial charge in [0.2, 0.25) is 11.8 Å². The van der Waals surface area contributed by atoms with Crippen LogP contribution in [0.25, 0.3) is 11.5 Å². The summed E-state index contributed by atoms with van der Waals surface area (Å²) in [5.74, 6) is 0.257. The molecule has 0 aliphatic carbocycles. The number of anilines is 1. The van der Waals surface area contributed by atoms with Gasteiger partial charge in [-0.05, 0) is 48.9 Å². The van der Waals surface area contributed by atoms with Gasteiger partial charge in [0.15, 0.2) is 0 Å². The van der Waals surface area contributed by atoms with Crippen molar-refractivity contribution in [2.75, 3.05) is 5.32 Å². The quantitative estimate of drug-likeness (QED) is 0.385. The summed E-state index contributed by atoms with van der Waals surface area (Å²) >= 11 is 12.6. The first kappa shape index (κ1) is 19.4. The molecule has 4 nitrogen and oxygen atoms in total. The minimum Gasteiger partial charge on any atom is -0.418 e. The van der Waals surface area contributed by atoms with Crippen molar-refractivity contribution in [1.29, 1.82) is 0 Å². The van der Waals surface area contributed by atoms with E-state index in [-0.39, 0.29) is 5.02 Å². The number of aryl methyl sites for hydroxylation is 1. The van der Waals surface area contributed by atoms with Gasteiger partial charge in [0.25, 0.3) is 0 Å². The van der Waals surface area contributed by atoms with Gasteiger partial charge >= 0.3 is 0 Å². The third kappa shape index (κ3) is 4.26. The number of nitrogens with one attached hydrogen (secondary N) is 1. The second kappa shape index (κ2) is 8.23. The fourth-order valence-corrected chi connectivity index (χ4v) is 3.36. The summed E-state index contributed by atoms with van der Waals surface area (Å²) in [7, 11) is 0. The van der Waals surface area contributed by atoms with Crippen molar-refractivity contribution in [3.63, 3.8) is 0 Å². The normalized spacial score (nSPS) is 12.0. The first-order chi connectivity index (χ1) is 14.0. The molecule has 146 valence electrons. The molecule has 1 atom stereocenters. The van der Waals surface area contributed by atoms with Crippen molar-refractivity contribution in [1.82, 2.24) is 10.2 Å². The standard InChI is InChI=1S/C22H16Cl2FN3O/c1-13-7-9-16(12-18(13)23)26-20(17-10-8-15(25)11-19(17)24)22-28-27-21(29-22)14-5-3-2-4-6-14/h2-12,20,26H,1H3. The third-order valence-corrected chi connectivity index (χ3v) is 5.20. The van der Waals surface area contributed by atoms with Crippen LogP contribution in [0.4, 0.5) is 10.1 Å². The van der Waals surface area contributed by atoms with Crippen LogP contribution in [0.1, 0.15) is 23.1 Å². The summed E-state index contributed by atoms with van der Waals surface area (Å²) in [5, 5.41) is 12.5. The van der Waals surface area contributed by atoms with Crippen LogP contribution in [0.2, 0.25) is 10.0 Å². The zero-order valence-electron chi connectivity index (χ0n) is 15.4. The minimum absolute atomic E-state index is 0.250. The van der Waals surface area contributed by atoms with Gasteiger partial charge in [-0.2, -0.15) is 0 Å². The highest BCUT2D eigenvalue weighted by molar-refractivity contribution is 6.32. The van der Waals surface area contributed by atoms with E-state index in [0.717, 1.165) is 16.8 Å². The number of rotatable bonds is 5. The van der Waals surface area contributed by atoms with Crippen molar-refractivity contribution in [2.45, 2.75) is 13.0 Å². The Morgan fingerprint density at radius 1 is 0.931 bits per heavy atom. The van der Waals surface area contributed by atoms with Gasteiger partial charge in [-0.3, -0.25) is 0 Å². The predicted molar refractivity (Wildman–Crippen MR) is 113 cm³/mol. The zero-order valence-corrected chi connectivity index (χ0v) is 16.9. The van der Waals surface area contributed by atoms with Crippen LogP contribution >= 0.6 is 23.2 Å². The first-order valence-electron chi connectivity index (χ1n) is 8.88. The molecule has 0 radical (unpaired) electrons. The molecule has 29 heavy (non-hydrogen) atoms. The van der Waals surface area contributed by atoms with Crippen molar-refractivity contribution in [2.24, 2.45) is 0 Å². The molecule has 1 N–H and O–H groups in total. The van der Waals surface area contributed by atoms with Gasteiger partial charge in [0.1, 0.15) is 11.9 Å². The number of hydrogen-bond donors (Lipinski definition) is 1. The van der Waals surface area contributed by atoms with Gasteiger partial charge in [0.05, 0.1) is 0 Å². The number of nitrogens with zero attached hydrogens (tertiary/aromatic N) is 2. The number of benzene rings is 3. The molecule has 0 amide bonds. The van der Waals surface area contributed by atoms with Crippen molar-refractivity contribution in [3.8, 4) is 11.5 Å². The zero-order chi connectivity index (χ0) is 20.4. The Balaban J connectivity index is 1.76. The minimum atomic E-state index is -0.591. The lowest BCUT2D eigenvalue weighted by molar-refractivity contribution is 0.494. The van der Waals surface area contributed by atoms with Crippen LogP contribution < -0.4 is 5.32 Å². The van der Waals surface area contributed by atoms with Crippen LogP contribution in [-0.2, 0) is 0 Å². The number of halogens is 3. The number of hydrogen-bond acceptors (Lipinski definition) is 4. The Bertz CT molecular complexity index is 1150. The highest BCUT2D eigenvalue weighted by atomic mass is 35.5. The Hall–Kier alpha value is -2.89. The molecule has 0 aliphatic heterocycles. The maximum atomic E-state index is 13.6. The molecular formula is C22H16Cl2FN3O. The largest absolute Gasteiger partial charge is 0.418 e.